The molecule has 0 fully saturated rings. The second-order valence-electron chi connectivity index (χ2n) is 5.05. The van der Waals surface area contributed by atoms with E-state index >= 15 is 0 Å². The molecule has 104 valence electrons. The Balaban J connectivity index is 1.85. The van der Waals surface area contributed by atoms with Crippen molar-refractivity contribution in [3.05, 3.63) is 65.2 Å². The van der Waals surface area contributed by atoms with Crippen LogP contribution in [0.25, 0.3) is 0 Å². The van der Waals surface area contributed by atoms with Crippen LogP contribution in [-0.4, -0.2) is 13.7 Å². The summed E-state index contributed by atoms with van der Waals surface area (Å²) in [4.78, 5) is 5.09. The zero-order valence-electron chi connectivity index (χ0n) is 11.6. The van der Waals surface area contributed by atoms with Crippen molar-refractivity contribution in [1.82, 2.24) is 5.48 Å². The van der Waals surface area contributed by atoms with Crippen molar-refractivity contribution in [2.75, 3.05) is 13.7 Å². The molecule has 0 radical (unpaired) electrons. The number of ether oxygens (including phenoxy) is 1. The first-order chi connectivity index (χ1) is 9.86. The Morgan fingerprint density at radius 3 is 2.80 bits per heavy atom. The predicted octanol–water partition coefficient (Wildman–Crippen LogP) is 3.25. The third-order valence-corrected chi connectivity index (χ3v) is 3.62. The zero-order valence-corrected chi connectivity index (χ0v) is 11.6. The van der Waals surface area contributed by atoms with Crippen LogP contribution in [0.1, 0.15) is 29.2 Å². The lowest BCUT2D eigenvalue weighted by atomic mass is 9.96. The molecule has 1 aliphatic heterocycles. The Morgan fingerprint density at radius 1 is 1.15 bits per heavy atom. The van der Waals surface area contributed by atoms with Crippen LogP contribution in [0.4, 0.5) is 0 Å². The fourth-order valence-corrected chi connectivity index (χ4v) is 2.65. The predicted molar refractivity (Wildman–Crippen MR) is 78.7 cm³/mol. The van der Waals surface area contributed by atoms with Gasteiger partial charge in [0.2, 0.25) is 0 Å². The topological polar surface area (TPSA) is 30.5 Å². The highest BCUT2D eigenvalue weighted by molar-refractivity contribution is 5.42. The van der Waals surface area contributed by atoms with Gasteiger partial charge in [-0.2, -0.15) is 5.48 Å². The third-order valence-electron chi connectivity index (χ3n) is 3.62. The summed E-state index contributed by atoms with van der Waals surface area (Å²) in [5.41, 5.74) is 6.85. The zero-order chi connectivity index (χ0) is 13.8. The Morgan fingerprint density at radius 2 is 2.00 bits per heavy atom. The van der Waals surface area contributed by atoms with E-state index in [0.717, 1.165) is 25.2 Å². The van der Waals surface area contributed by atoms with Crippen molar-refractivity contribution < 1.29 is 9.57 Å². The summed E-state index contributed by atoms with van der Waals surface area (Å²) >= 11 is 0. The molecule has 0 amide bonds. The van der Waals surface area contributed by atoms with Crippen LogP contribution in [0.3, 0.4) is 0 Å². The number of hydroxylamine groups is 1. The fraction of sp³-hybridized carbons (Fsp3) is 0.294. The van der Waals surface area contributed by atoms with E-state index in [-0.39, 0.29) is 6.04 Å². The molecule has 2 aromatic rings. The van der Waals surface area contributed by atoms with E-state index in [1.54, 1.807) is 7.11 Å². The Bertz CT molecular complexity index is 568. The maximum atomic E-state index is 5.71. The summed E-state index contributed by atoms with van der Waals surface area (Å²) in [5.74, 6) is 0.961. The Kier molecular flexibility index (Phi) is 4.00. The number of hydrogen-bond acceptors (Lipinski definition) is 3. The molecule has 0 spiro atoms. The number of fused-ring (bicyclic) bond motifs is 1. The van der Waals surface area contributed by atoms with Gasteiger partial charge in [-0.1, -0.05) is 42.5 Å². The summed E-state index contributed by atoms with van der Waals surface area (Å²) in [6, 6.07) is 17.1. The van der Waals surface area contributed by atoms with Crippen LogP contribution in [0.15, 0.2) is 48.5 Å². The highest BCUT2D eigenvalue weighted by Gasteiger charge is 2.21. The van der Waals surface area contributed by atoms with E-state index in [9.17, 15) is 0 Å². The highest BCUT2D eigenvalue weighted by atomic mass is 16.6. The molecule has 1 N–H and O–H groups in total. The number of benzene rings is 2. The van der Waals surface area contributed by atoms with Crippen molar-refractivity contribution in [3.63, 3.8) is 0 Å². The van der Waals surface area contributed by atoms with Crippen LogP contribution < -0.4 is 10.2 Å². The van der Waals surface area contributed by atoms with E-state index in [2.05, 4.69) is 47.9 Å². The summed E-state index contributed by atoms with van der Waals surface area (Å²) in [6.45, 7) is 0.728. The van der Waals surface area contributed by atoms with E-state index in [0.29, 0.717) is 0 Å². The largest absolute Gasteiger partial charge is 0.493 e. The third kappa shape index (κ3) is 2.84. The first-order valence-corrected chi connectivity index (χ1v) is 6.95. The van der Waals surface area contributed by atoms with E-state index in [1.165, 1.54) is 16.7 Å². The molecule has 3 nitrogen and oxygen atoms in total. The molecule has 0 aliphatic carbocycles. The van der Waals surface area contributed by atoms with E-state index in [1.807, 2.05) is 6.07 Å². The summed E-state index contributed by atoms with van der Waals surface area (Å²) in [6.07, 6.45) is 1.86. The number of nitrogens with one attached hydrogen (secondary N) is 1. The lowest BCUT2D eigenvalue weighted by Crippen LogP contribution is -2.26. The molecule has 2 aromatic carbocycles. The van der Waals surface area contributed by atoms with Crippen LogP contribution in [0, 0.1) is 0 Å². The Labute approximate surface area is 119 Å². The van der Waals surface area contributed by atoms with Gasteiger partial charge in [0, 0.05) is 12.0 Å². The minimum atomic E-state index is 0.208. The average Bonchev–Trinajstić information content (AvgIpc) is 2.49. The van der Waals surface area contributed by atoms with Gasteiger partial charge in [-0.25, -0.2) is 0 Å². The lowest BCUT2D eigenvalue weighted by Gasteiger charge is -2.26. The van der Waals surface area contributed by atoms with Gasteiger partial charge in [-0.3, -0.25) is 0 Å². The SMILES string of the molecule is CONC1CCOc2ccc(Cc3ccccc3)cc21. The summed E-state index contributed by atoms with van der Waals surface area (Å²) in [7, 11) is 1.66. The van der Waals surface area contributed by atoms with Gasteiger partial charge in [-0.05, 0) is 23.6 Å². The molecule has 1 atom stereocenters. The second-order valence-corrected chi connectivity index (χ2v) is 5.05. The average molecular weight is 269 g/mol. The Hall–Kier alpha value is -1.84. The second kappa shape index (κ2) is 6.07. The number of hydrogen-bond donors (Lipinski definition) is 1. The van der Waals surface area contributed by atoms with Gasteiger partial charge in [-0.15, -0.1) is 0 Å². The normalized spacial score (nSPS) is 17.4. The van der Waals surface area contributed by atoms with E-state index in [4.69, 9.17) is 9.57 Å². The van der Waals surface area contributed by atoms with Crippen molar-refractivity contribution in [3.8, 4) is 5.75 Å². The maximum Gasteiger partial charge on any atom is 0.124 e. The minimum Gasteiger partial charge on any atom is -0.493 e. The van der Waals surface area contributed by atoms with Gasteiger partial charge < -0.3 is 9.57 Å². The summed E-state index contributed by atoms with van der Waals surface area (Å²) in [5, 5.41) is 0. The molecule has 0 aromatic heterocycles. The van der Waals surface area contributed by atoms with Crippen LogP contribution in [0.2, 0.25) is 0 Å². The van der Waals surface area contributed by atoms with Gasteiger partial charge in [0.05, 0.1) is 19.8 Å². The fourth-order valence-electron chi connectivity index (χ4n) is 2.65. The van der Waals surface area contributed by atoms with E-state index < -0.39 is 0 Å². The first-order valence-electron chi connectivity index (χ1n) is 6.95. The van der Waals surface area contributed by atoms with Gasteiger partial charge >= 0.3 is 0 Å². The monoisotopic (exact) mass is 269 g/mol. The standard InChI is InChI=1S/C17H19NO2/c1-19-18-16-9-10-20-17-8-7-14(12-15(16)17)11-13-5-3-2-4-6-13/h2-8,12,16,18H,9-11H2,1H3. The van der Waals surface area contributed by atoms with Crippen LogP contribution in [-0.2, 0) is 11.3 Å². The molecule has 0 saturated carbocycles. The van der Waals surface area contributed by atoms with Gasteiger partial charge in [0.1, 0.15) is 5.75 Å². The molecule has 3 rings (SSSR count). The molecule has 1 aliphatic rings. The molecule has 1 unspecified atom stereocenters. The smallest absolute Gasteiger partial charge is 0.124 e. The maximum absolute atomic E-state index is 5.71. The quantitative estimate of drug-likeness (QED) is 0.864. The lowest BCUT2D eigenvalue weighted by molar-refractivity contribution is 0.0463. The molecule has 1 heterocycles. The molecule has 0 bridgehead atoms. The summed E-state index contributed by atoms with van der Waals surface area (Å²) < 4.78 is 5.71. The molecular formula is C17H19NO2. The molecule has 3 heteroatoms. The number of rotatable bonds is 4. The van der Waals surface area contributed by atoms with Crippen LogP contribution >= 0.6 is 0 Å². The molecular weight excluding hydrogens is 250 g/mol. The van der Waals surface area contributed by atoms with Crippen molar-refractivity contribution in [2.24, 2.45) is 0 Å². The highest BCUT2D eigenvalue weighted by Crippen LogP contribution is 2.33. The van der Waals surface area contributed by atoms with Gasteiger partial charge in [0.25, 0.3) is 0 Å². The van der Waals surface area contributed by atoms with Crippen LogP contribution in [0.5, 0.6) is 5.75 Å². The van der Waals surface area contributed by atoms with Crippen molar-refractivity contribution in [2.45, 2.75) is 18.9 Å². The molecule has 0 saturated heterocycles. The van der Waals surface area contributed by atoms with Crippen molar-refractivity contribution >= 4 is 0 Å². The van der Waals surface area contributed by atoms with Gasteiger partial charge in [0.15, 0.2) is 0 Å². The molecule has 20 heavy (non-hydrogen) atoms. The minimum absolute atomic E-state index is 0.208. The first kappa shape index (κ1) is 13.2. The van der Waals surface area contributed by atoms with Crippen molar-refractivity contribution in [1.29, 1.82) is 0 Å².